The molecule has 6 heteroatoms. The summed E-state index contributed by atoms with van der Waals surface area (Å²) in [6.45, 7) is 0. The molecule has 0 aliphatic rings. The zero-order chi connectivity index (χ0) is 3.58. The molecule has 0 saturated heterocycles. The zero-order valence-corrected chi connectivity index (χ0v) is 3.73. The summed E-state index contributed by atoms with van der Waals surface area (Å²) in [5.41, 5.74) is 0. The second-order valence-electron chi connectivity index (χ2n) is 0.283. The monoisotopic (exact) mass is 205 g/mol. The third kappa shape index (κ3) is 175. The summed E-state index contributed by atoms with van der Waals surface area (Å²) < 4.78 is 0. The van der Waals surface area contributed by atoms with Crippen molar-refractivity contribution in [3.8, 4) is 0 Å². The first kappa shape index (κ1) is 24.5. The van der Waals surface area contributed by atoms with E-state index < -0.39 is 6.16 Å². The van der Waals surface area contributed by atoms with Gasteiger partial charge in [0.2, 0.25) is 0 Å². The number of halogens is 1. The van der Waals surface area contributed by atoms with Crippen LogP contribution in [0.2, 0.25) is 0 Å². The van der Waals surface area contributed by atoms with Crippen molar-refractivity contribution >= 4 is 64.0 Å². The molecular weight excluding hydrogens is 197 g/mol. The van der Waals surface area contributed by atoms with Gasteiger partial charge in [-0.25, -0.2) is 4.79 Å². The van der Waals surface area contributed by atoms with Crippen LogP contribution in [0, 0.1) is 0 Å². The van der Waals surface area contributed by atoms with Gasteiger partial charge >= 0.3 is 51.6 Å². The summed E-state index contributed by atoms with van der Waals surface area (Å²) in [6.07, 6.45) is -1.83. The summed E-state index contributed by atoms with van der Waals surface area (Å²) in [5.74, 6) is 0. The van der Waals surface area contributed by atoms with Crippen molar-refractivity contribution in [3.05, 3.63) is 0 Å². The van der Waals surface area contributed by atoms with Crippen LogP contribution in [0.3, 0.4) is 0 Å². The topological polar surface area (TPSA) is 92.5 Å². The number of carboxylic acid groups (broad SMARTS) is 2. The predicted molar refractivity (Wildman–Crippen MR) is 31.5 cm³/mol. The van der Waals surface area contributed by atoms with E-state index in [0.717, 1.165) is 0 Å². The molecule has 5 N–H and O–H groups in total. The first-order valence-corrected chi connectivity index (χ1v) is 0.651. The SMILES string of the molecule is Cl.N.O=C(O)O.[SrH2]. The average molecular weight is 205 g/mol. The molecule has 0 rings (SSSR count). The number of rotatable bonds is 0. The standard InChI is InChI=1S/CH2O3.ClH.H3N.Sr.2H/c2-1(3)4;;;;;/h(H2,2,3,4);1H;1H3;;;. The van der Waals surface area contributed by atoms with Gasteiger partial charge in [0.15, 0.2) is 0 Å². The maximum absolute atomic E-state index is 8.56. The van der Waals surface area contributed by atoms with E-state index in [-0.39, 0.29) is 64.0 Å². The number of hydrogen-bond acceptors (Lipinski definition) is 2. The fourth-order valence-electron chi connectivity index (χ4n) is 0. The van der Waals surface area contributed by atoms with Gasteiger partial charge in [0.25, 0.3) is 0 Å². The Morgan fingerprint density at radius 1 is 1.29 bits per heavy atom. The molecule has 0 spiro atoms. The summed E-state index contributed by atoms with van der Waals surface area (Å²) in [4.78, 5) is 8.56. The fourth-order valence-corrected chi connectivity index (χ4v) is 0. The van der Waals surface area contributed by atoms with Crippen LogP contribution in [0.25, 0.3) is 0 Å². The summed E-state index contributed by atoms with van der Waals surface area (Å²) in [6, 6.07) is 0. The zero-order valence-electron chi connectivity index (χ0n) is 2.92. The first-order chi connectivity index (χ1) is 1.73. The molecule has 0 aromatic rings. The molecule has 0 fully saturated rings. The molecule has 0 atom stereocenters. The Bertz CT molecular complexity index is 37.9. The average Bonchev–Trinajstić information content (AvgIpc) is 0.811. The summed E-state index contributed by atoms with van der Waals surface area (Å²) in [7, 11) is 0. The van der Waals surface area contributed by atoms with Gasteiger partial charge in [-0.3, -0.25) is 0 Å². The van der Waals surface area contributed by atoms with E-state index in [0.29, 0.717) is 0 Å². The van der Waals surface area contributed by atoms with E-state index in [1.165, 1.54) is 0 Å². The fraction of sp³-hybridized carbons (Fsp3) is 0. The molecule has 0 amide bonds. The van der Waals surface area contributed by atoms with Crippen LogP contribution in [-0.2, 0) is 0 Å². The van der Waals surface area contributed by atoms with Crippen molar-refractivity contribution in [2.75, 3.05) is 0 Å². The molecule has 0 heterocycles. The molecule has 0 unspecified atom stereocenters. The van der Waals surface area contributed by atoms with Crippen LogP contribution in [0.4, 0.5) is 4.79 Å². The quantitative estimate of drug-likeness (QED) is 0.481. The Kier molecular flexibility index (Phi) is 55.1. The van der Waals surface area contributed by atoms with Crippen molar-refractivity contribution in [1.29, 1.82) is 0 Å². The Morgan fingerprint density at radius 2 is 1.29 bits per heavy atom. The molecule has 0 radical (unpaired) electrons. The molecule has 0 aliphatic carbocycles. The molecule has 0 bridgehead atoms. The van der Waals surface area contributed by atoms with E-state index >= 15 is 0 Å². The van der Waals surface area contributed by atoms with Crippen molar-refractivity contribution in [2.45, 2.75) is 0 Å². The molecule has 7 heavy (non-hydrogen) atoms. The number of hydrogen-bond donors (Lipinski definition) is 3. The Hall–Kier alpha value is 1.00. The van der Waals surface area contributed by atoms with Gasteiger partial charge in [-0.05, 0) is 0 Å². The van der Waals surface area contributed by atoms with E-state index in [4.69, 9.17) is 15.0 Å². The maximum atomic E-state index is 8.56. The first-order valence-electron chi connectivity index (χ1n) is 0.651. The van der Waals surface area contributed by atoms with Crippen LogP contribution in [-0.4, -0.2) is 61.9 Å². The minimum absolute atomic E-state index is 0. The van der Waals surface area contributed by atoms with Crippen molar-refractivity contribution in [3.63, 3.8) is 0 Å². The van der Waals surface area contributed by atoms with E-state index in [1.807, 2.05) is 0 Å². The molecule has 0 aromatic carbocycles. The second-order valence-corrected chi connectivity index (χ2v) is 0.283. The third-order valence-electron chi connectivity index (χ3n) is 0. The van der Waals surface area contributed by atoms with Crippen molar-refractivity contribution in [1.82, 2.24) is 6.15 Å². The van der Waals surface area contributed by atoms with Gasteiger partial charge in [-0.2, -0.15) is 0 Å². The van der Waals surface area contributed by atoms with Gasteiger partial charge < -0.3 is 16.4 Å². The van der Waals surface area contributed by atoms with Gasteiger partial charge in [-0.1, -0.05) is 0 Å². The van der Waals surface area contributed by atoms with Gasteiger partial charge in [-0.15, -0.1) is 12.4 Å². The normalized spacial score (nSPS) is 3.43. The molecular formula is CH8ClNO3Sr. The molecule has 0 saturated carbocycles. The van der Waals surface area contributed by atoms with Gasteiger partial charge in [0, 0.05) is 0 Å². The summed E-state index contributed by atoms with van der Waals surface area (Å²) >= 11 is 0. The molecule has 0 aliphatic heterocycles. The van der Waals surface area contributed by atoms with Crippen molar-refractivity contribution < 1.29 is 15.0 Å². The molecule has 0 aromatic heterocycles. The minimum atomic E-state index is -1.83. The van der Waals surface area contributed by atoms with Crippen molar-refractivity contribution in [2.24, 2.45) is 0 Å². The predicted octanol–water partition coefficient (Wildman–Crippen LogP) is -0.110. The van der Waals surface area contributed by atoms with Crippen LogP contribution in [0.1, 0.15) is 0 Å². The van der Waals surface area contributed by atoms with E-state index in [1.54, 1.807) is 0 Å². The van der Waals surface area contributed by atoms with E-state index in [2.05, 4.69) is 0 Å². The van der Waals surface area contributed by atoms with Crippen LogP contribution in [0.5, 0.6) is 0 Å². The number of carbonyl (C=O) groups is 1. The molecule has 44 valence electrons. The van der Waals surface area contributed by atoms with Crippen LogP contribution in [0.15, 0.2) is 0 Å². The second kappa shape index (κ2) is 15.7. The third-order valence-corrected chi connectivity index (χ3v) is 0. The van der Waals surface area contributed by atoms with Gasteiger partial charge in [0.05, 0.1) is 0 Å². The van der Waals surface area contributed by atoms with Gasteiger partial charge in [0.1, 0.15) is 0 Å². The van der Waals surface area contributed by atoms with E-state index in [9.17, 15) is 0 Å². The van der Waals surface area contributed by atoms with Crippen LogP contribution < -0.4 is 6.15 Å². The molecule has 4 nitrogen and oxygen atoms in total. The Balaban J connectivity index is -0.0000000150. The summed E-state index contributed by atoms with van der Waals surface area (Å²) in [5, 5.41) is 13.9. The Labute approximate surface area is 84.2 Å². The Morgan fingerprint density at radius 3 is 1.29 bits per heavy atom. The van der Waals surface area contributed by atoms with Crippen LogP contribution >= 0.6 is 12.4 Å².